The van der Waals surface area contributed by atoms with Gasteiger partial charge in [-0.05, 0) is 63.8 Å². The summed E-state index contributed by atoms with van der Waals surface area (Å²) >= 11 is 0. The van der Waals surface area contributed by atoms with Crippen molar-refractivity contribution in [2.75, 3.05) is 19.8 Å². The van der Waals surface area contributed by atoms with Crippen LogP contribution in [0.1, 0.15) is 63.6 Å². The highest BCUT2D eigenvalue weighted by atomic mass is 16.5. The summed E-state index contributed by atoms with van der Waals surface area (Å²) in [6.07, 6.45) is 2.79. The van der Waals surface area contributed by atoms with Crippen LogP contribution in [0.25, 0.3) is 0 Å². The van der Waals surface area contributed by atoms with Gasteiger partial charge in [0.15, 0.2) is 11.5 Å². The molecule has 2 aromatic carbocycles. The van der Waals surface area contributed by atoms with Crippen molar-refractivity contribution in [3.8, 4) is 11.5 Å². The average molecular weight is 469 g/mol. The normalized spacial score (nSPS) is 11.6. The van der Waals surface area contributed by atoms with Gasteiger partial charge in [-0.3, -0.25) is 9.59 Å². The molecule has 6 nitrogen and oxygen atoms in total. The van der Waals surface area contributed by atoms with Crippen molar-refractivity contribution < 1.29 is 19.1 Å². The zero-order chi connectivity index (χ0) is 24.9. The van der Waals surface area contributed by atoms with Gasteiger partial charge < -0.3 is 19.7 Å². The van der Waals surface area contributed by atoms with E-state index in [1.807, 2.05) is 57.2 Å². The topological polar surface area (TPSA) is 67.9 Å². The van der Waals surface area contributed by atoms with Crippen LogP contribution in [-0.4, -0.2) is 42.5 Å². The Balaban J connectivity index is 2.15. The molecule has 2 rings (SSSR count). The second-order valence-corrected chi connectivity index (χ2v) is 8.48. The van der Waals surface area contributed by atoms with E-state index < -0.39 is 6.04 Å². The Morgan fingerprint density at radius 3 is 2.38 bits per heavy atom. The highest BCUT2D eigenvalue weighted by Gasteiger charge is 2.26. The lowest BCUT2D eigenvalue weighted by molar-refractivity contribution is -0.140. The minimum absolute atomic E-state index is 0.0495. The molecule has 0 aromatic heterocycles. The smallest absolute Gasteiger partial charge is 0.242 e. The molecule has 0 aliphatic carbocycles. The third-order valence-electron chi connectivity index (χ3n) is 5.67. The van der Waals surface area contributed by atoms with Crippen molar-refractivity contribution >= 4 is 11.8 Å². The van der Waals surface area contributed by atoms with E-state index in [2.05, 4.69) is 18.3 Å². The van der Waals surface area contributed by atoms with Crippen LogP contribution in [0.3, 0.4) is 0 Å². The van der Waals surface area contributed by atoms with Crippen molar-refractivity contribution in [2.45, 2.75) is 72.9 Å². The molecule has 1 N–H and O–H groups in total. The number of benzene rings is 2. The summed E-state index contributed by atoms with van der Waals surface area (Å²) in [5.41, 5.74) is 3.14. The van der Waals surface area contributed by atoms with Crippen molar-refractivity contribution in [1.29, 1.82) is 0 Å². The SMILES string of the molecule is CCCCNC(=O)[C@@H](C)N(Cc1cccc(C)c1)C(=O)CCc1ccc(OCC)c(OCC)c1. The number of nitrogens with zero attached hydrogens (tertiary/aromatic N) is 1. The van der Waals surface area contributed by atoms with Gasteiger partial charge in [0, 0.05) is 19.5 Å². The zero-order valence-corrected chi connectivity index (χ0v) is 21.4. The van der Waals surface area contributed by atoms with E-state index in [0.29, 0.717) is 50.6 Å². The first-order chi connectivity index (χ1) is 16.4. The number of ether oxygens (including phenoxy) is 2. The molecule has 2 amide bonds. The van der Waals surface area contributed by atoms with Gasteiger partial charge in [0.25, 0.3) is 0 Å². The van der Waals surface area contributed by atoms with E-state index in [-0.39, 0.29) is 11.8 Å². The van der Waals surface area contributed by atoms with Crippen LogP contribution < -0.4 is 14.8 Å². The standard InChI is InChI=1S/C28H40N2O4/c1-6-9-17-29-28(32)22(5)30(20-24-12-10-11-21(4)18-24)27(31)16-14-23-13-15-25(33-7-2)26(19-23)34-8-3/h10-13,15,18-19,22H,6-9,14,16-17,20H2,1-5H3,(H,29,32)/t22-/m1/s1. The Morgan fingerprint density at radius 1 is 0.971 bits per heavy atom. The fourth-order valence-corrected chi connectivity index (χ4v) is 3.77. The van der Waals surface area contributed by atoms with Crippen LogP contribution in [-0.2, 0) is 22.6 Å². The number of unbranched alkanes of at least 4 members (excludes halogenated alkanes) is 1. The predicted octanol–water partition coefficient (Wildman–Crippen LogP) is 5.06. The summed E-state index contributed by atoms with van der Waals surface area (Å²) in [4.78, 5) is 27.8. The Kier molecular flexibility index (Phi) is 11.4. The first-order valence-electron chi connectivity index (χ1n) is 12.4. The largest absolute Gasteiger partial charge is 0.490 e. The van der Waals surface area contributed by atoms with E-state index in [1.54, 1.807) is 11.8 Å². The van der Waals surface area contributed by atoms with E-state index in [9.17, 15) is 9.59 Å². The van der Waals surface area contributed by atoms with Crippen molar-refractivity contribution in [3.63, 3.8) is 0 Å². The summed E-state index contributed by atoms with van der Waals surface area (Å²) in [5.74, 6) is 1.23. The molecule has 1 atom stereocenters. The maximum Gasteiger partial charge on any atom is 0.242 e. The summed E-state index contributed by atoms with van der Waals surface area (Å²) in [6.45, 7) is 11.9. The van der Waals surface area contributed by atoms with Crippen LogP contribution in [0, 0.1) is 6.92 Å². The monoisotopic (exact) mass is 468 g/mol. The molecule has 0 aliphatic heterocycles. The molecule has 0 unspecified atom stereocenters. The fraction of sp³-hybridized carbons (Fsp3) is 0.500. The third-order valence-corrected chi connectivity index (χ3v) is 5.67. The first kappa shape index (κ1) is 27.2. The van der Waals surface area contributed by atoms with Gasteiger partial charge in [-0.25, -0.2) is 0 Å². The predicted molar refractivity (Wildman–Crippen MR) is 136 cm³/mol. The molecule has 34 heavy (non-hydrogen) atoms. The van der Waals surface area contributed by atoms with Gasteiger partial charge in [0.2, 0.25) is 11.8 Å². The summed E-state index contributed by atoms with van der Waals surface area (Å²) in [7, 11) is 0. The Morgan fingerprint density at radius 2 is 1.71 bits per heavy atom. The van der Waals surface area contributed by atoms with E-state index in [0.717, 1.165) is 29.5 Å². The molecule has 186 valence electrons. The lowest BCUT2D eigenvalue weighted by Crippen LogP contribution is -2.47. The van der Waals surface area contributed by atoms with Crippen molar-refractivity contribution in [3.05, 3.63) is 59.2 Å². The van der Waals surface area contributed by atoms with Crippen molar-refractivity contribution in [2.24, 2.45) is 0 Å². The summed E-state index contributed by atoms with van der Waals surface area (Å²) in [6, 6.07) is 13.3. The van der Waals surface area contributed by atoms with Gasteiger partial charge in [0.1, 0.15) is 6.04 Å². The van der Waals surface area contributed by atoms with Crippen molar-refractivity contribution in [1.82, 2.24) is 10.2 Å². The number of carbonyl (C=O) groups is 2. The highest BCUT2D eigenvalue weighted by molar-refractivity contribution is 5.87. The molecule has 2 aromatic rings. The van der Waals surface area contributed by atoms with Crippen LogP contribution in [0.15, 0.2) is 42.5 Å². The summed E-state index contributed by atoms with van der Waals surface area (Å²) in [5, 5.41) is 2.97. The second kappa shape index (κ2) is 14.3. The van der Waals surface area contributed by atoms with Crippen LogP contribution in [0.5, 0.6) is 11.5 Å². The van der Waals surface area contributed by atoms with Crippen LogP contribution >= 0.6 is 0 Å². The zero-order valence-electron chi connectivity index (χ0n) is 21.4. The Hall–Kier alpha value is -3.02. The fourth-order valence-electron chi connectivity index (χ4n) is 3.77. The van der Waals surface area contributed by atoms with E-state index >= 15 is 0 Å². The average Bonchev–Trinajstić information content (AvgIpc) is 2.82. The lowest BCUT2D eigenvalue weighted by Gasteiger charge is -2.29. The molecule has 0 bridgehead atoms. The third kappa shape index (κ3) is 8.40. The number of aryl methyl sites for hydroxylation is 2. The minimum Gasteiger partial charge on any atom is -0.490 e. The van der Waals surface area contributed by atoms with Gasteiger partial charge >= 0.3 is 0 Å². The quantitative estimate of drug-likeness (QED) is 0.394. The highest BCUT2D eigenvalue weighted by Crippen LogP contribution is 2.29. The number of carbonyl (C=O) groups excluding carboxylic acids is 2. The van der Waals surface area contributed by atoms with Gasteiger partial charge in [-0.15, -0.1) is 0 Å². The number of hydrogen-bond acceptors (Lipinski definition) is 4. The second-order valence-electron chi connectivity index (χ2n) is 8.48. The van der Waals surface area contributed by atoms with Gasteiger partial charge in [0.05, 0.1) is 13.2 Å². The molecule has 0 aliphatic rings. The minimum atomic E-state index is -0.552. The Labute approximate surface area is 204 Å². The van der Waals surface area contributed by atoms with E-state index in [1.165, 1.54) is 0 Å². The molecule has 0 radical (unpaired) electrons. The molecule has 0 heterocycles. The van der Waals surface area contributed by atoms with Gasteiger partial charge in [-0.1, -0.05) is 49.2 Å². The maximum absolute atomic E-state index is 13.4. The first-order valence-corrected chi connectivity index (χ1v) is 12.4. The number of hydrogen-bond donors (Lipinski definition) is 1. The van der Waals surface area contributed by atoms with E-state index in [4.69, 9.17) is 9.47 Å². The molecule has 0 saturated carbocycles. The number of nitrogens with one attached hydrogen (secondary N) is 1. The number of amides is 2. The molecule has 0 fully saturated rings. The number of rotatable bonds is 14. The van der Waals surface area contributed by atoms with Crippen LogP contribution in [0.2, 0.25) is 0 Å². The van der Waals surface area contributed by atoms with Gasteiger partial charge in [-0.2, -0.15) is 0 Å². The lowest BCUT2D eigenvalue weighted by atomic mass is 10.1. The molecule has 6 heteroatoms. The maximum atomic E-state index is 13.4. The molecule has 0 spiro atoms. The molecular formula is C28H40N2O4. The van der Waals surface area contributed by atoms with Crippen LogP contribution in [0.4, 0.5) is 0 Å². The molecular weight excluding hydrogens is 428 g/mol. The summed E-state index contributed by atoms with van der Waals surface area (Å²) < 4.78 is 11.4. The Bertz CT molecular complexity index is 928. The molecule has 0 saturated heterocycles.